The summed E-state index contributed by atoms with van der Waals surface area (Å²) in [6, 6.07) is 7.34. The number of nitrogens with zero attached hydrogens (tertiary/aromatic N) is 1. The molecule has 1 aromatic rings. The lowest BCUT2D eigenvalue weighted by molar-refractivity contribution is 0.210. The number of nitrogens with one attached hydrogen (secondary N) is 1. The van der Waals surface area contributed by atoms with Crippen LogP contribution in [0.25, 0.3) is 0 Å². The van der Waals surface area contributed by atoms with Gasteiger partial charge in [0.15, 0.2) is 0 Å². The number of aryl methyl sites for hydroxylation is 1. The highest BCUT2D eigenvalue weighted by Crippen LogP contribution is 2.33. The highest BCUT2D eigenvalue weighted by Gasteiger charge is 2.22. The van der Waals surface area contributed by atoms with Gasteiger partial charge in [-0.2, -0.15) is 0 Å². The fourth-order valence-electron chi connectivity index (χ4n) is 3.61. The summed E-state index contributed by atoms with van der Waals surface area (Å²) in [5.74, 6) is 0.935. The zero-order chi connectivity index (χ0) is 13.9. The van der Waals surface area contributed by atoms with E-state index in [4.69, 9.17) is 0 Å². The zero-order valence-corrected chi connectivity index (χ0v) is 14.0. The van der Waals surface area contributed by atoms with E-state index in [-0.39, 0.29) is 0 Å². The summed E-state index contributed by atoms with van der Waals surface area (Å²) in [5.41, 5.74) is 3.05. The lowest BCUT2D eigenvalue weighted by atomic mass is 9.93. The molecule has 1 unspecified atom stereocenters. The predicted molar refractivity (Wildman–Crippen MR) is 88.0 cm³/mol. The van der Waals surface area contributed by atoms with Crippen LogP contribution in [0.15, 0.2) is 22.7 Å². The van der Waals surface area contributed by atoms with E-state index in [1.165, 1.54) is 67.3 Å². The Kier molecular flexibility index (Phi) is 4.79. The Hall–Kier alpha value is -0.380. The quantitative estimate of drug-likeness (QED) is 0.900. The minimum Gasteiger partial charge on any atom is -0.310 e. The van der Waals surface area contributed by atoms with E-state index in [1.807, 2.05) is 0 Å². The van der Waals surface area contributed by atoms with Crippen LogP contribution in [-0.2, 0) is 6.42 Å². The molecule has 1 aliphatic heterocycles. The van der Waals surface area contributed by atoms with Gasteiger partial charge in [0.2, 0.25) is 0 Å². The number of piperidine rings is 1. The van der Waals surface area contributed by atoms with Gasteiger partial charge in [-0.1, -0.05) is 22.0 Å². The molecule has 0 aromatic heterocycles. The molecule has 0 radical (unpaired) electrons. The lowest BCUT2D eigenvalue weighted by Crippen LogP contribution is -2.32. The molecule has 0 saturated carbocycles. The van der Waals surface area contributed by atoms with Crippen molar-refractivity contribution in [3.8, 4) is 0 Å². The second-order valence-corrected chi connectivity index (χ2v) is 7.34. The minimum atomic E-state index is 0.587. The molecule has 1 aliphatic carbocycles. The van der Waals surface area contributed by atoms with Gasteiger partial charge >= 0.3 is 0 Å². The zero-order valence-electron chi connectivity index (χ0n) is 12.4. The van der Waals surface area contributed by atoms with Gasteiger partial charge in [-0.05, 0) is 88.0 Å². The van der Waals surface area contributed by atoms with Crippen molar-refractivity contribution in [2.24, 2.45) is 5.92 Å². The summed E-state index contributed by atoms with van der Waals surface area (Å²) >= 11 is 3.57. The highest BCUT2D eigenvalue weighted by atomic mass is 79.9. The van der Waals surface area contributed by atoms with Crippen molar-refractivity contribution in [3.05, 3.63) is 33.8 Å². The fourth-order valence-corrected chi connectivity index (χ4v) is 4.02. The number of rotatable bonds is 4. The van der Waals surface area contributed by atoms with Gasteiger partial charge in [-0.15, -0.1) is 0 Å². The lowest BCUT2D eigenvalue weighted by Gasteiger charge is -2.29. The van der Waals surface area contributed by atoms with E-state index in [0.29, 0.717) is 6.04 Å². The molecule has 110 valence electrons. The Bertz CT molecular complexity index is 452. The summed E-state index contributed by atoms with van der Waals surface area (Å²) in [4.78, 5) is 2.45. The smallest absolute Gasteiger partial charge is 0.0326 e. The van der Waals surface area contributed by atoms with Crippen molar-refractivity contribution in [1.29, 1.82) is 0 Å². The molecule has 20 heavy (non-hydrogen) atoms. The Labute approximate surface area is 131 Å². The van der Waals surface area contributed by atoms with Crippen molar-refractivity contribution in [2.45, 2.75) is 38.1 Å². The minimum absolute atomic E-state index is 0.587. The second kappa shape index (κ2) is 6.59. The number of likely N-dealkylation sites (tertiary alicyclic amines) is 1. The van der Waals surface area contributed by atoms with E-state index < -0.39 is 0 Å². The van der Waals surface area contributed by atoms with Crippen LogP contribution in [0.5, 0.6) is 0 Å². The number of fused-ring (bicyclic) bond motifs is 1. The molecule has 1 atom stereocenters. The molecule has 0 bridgehead atoms. The van der Waals surface area contributed by atoms with E-state index in [9.17, 15) is 0 Å². The van der Waals surface area contributed by atoms with E-state index >= 15 is 0 Å². The summed E-state index contributed by atoms with van der Waals surface area (Å²) in [7, 11) is 2.24. The van der Waals surface area contributed by atoms with Gasteiger partial charge in [0.25, 0.3) is 0 Å². The first-order chi connectivity index (χ1) is 9.72. The second-order valence-electron chi connectivity index (χ2n) is 6.42. The molecule has 2 aliphatic rings. The van der Waals surface area contributed by atoms with E-state index in [0.717, 1.165) is 5.92 Å². The summed E-state index contributed by atoms with van der Waals surface area (Å²) in [6.07, 6.45) is 6.59. The van der Waals surface area contributed by atoms with Crippen molar-refractivity contribution >= 4 is 15.9 Å². The number of hydrogen-bond acceptors (Lipinski definition) is 2. The van der Waals surface area contributed by atoms with Crippen molar-refractivity contribution in [3.63, 3.8) is 0 Å². The normalized spacial score (nSPS) is 24.0. The fraction of sp³-hybridized carbons (Fsp3) is 0.647. The SMILES string of the molecule is CN1CCC(CCNC2CCc3cc(Br)ccc32)CC1. The molecule has 0 spiro atoms. The monoisotopic (exact) mass is 336 g/mol. The van der Waals surface area contributed by atoms with Gasteiger partial charge in [-0.3, -0.25) is 0 Å². The molecule has 3 rings (SSSR count). The summed E-state index contributed by atoms with van der Waals surface area (Å²) < 4.78 is 1.21. The molecule has 3 heteroatoms. The van der Waals surface area contributed by atoms with Crippen LogP contribution in [-0.4, -0.2) is 31.6 Å². The summed E-state index contributed by atoms with van der Waals surface area (Å²) in [5, 5.41) is 3.79. The van der Waals surface area contributed by atoms with Gasteiger partial charge in [0.05, 0.1) is 0 Å². The van der Waals surface area contributed by atoms with Crippen molar-refractivity contribution < 1.29 is 0 Å². The van der Waals surface area contributed by atoms with Crippen LogP contribution < -0.4 is 5.32 Å². The number of hydrogen-bond donors (Lipinski definition) is 1. The standard InChI is InChI=1S/C17H25BrN2/c1-20-10-7-13(8-11-20)6-9-19-17-5-2-14-12-15(18)3-4-16(14)17/h3-4,12-13,17,19H,2,5-11H2,1H3. The van der Waals surface area contributed by atoms with Crippen LogP contribution in [0.3, 0.4) is 0 Å². The topological polar surface area (TPSA) is 15.3 Å². The maximum Gasteiger partial charge on any atom is 0.0326 e. The van der Waals surface area contributed by atoms with E-state index in [1.54, 1.807) is 0 Å². The van der Waals surface area contributed by atoms with Crippen LogP contribution in [0.1, 0.15) is 42.9 Å². The molecule has 1 N–H and O–H groups in total. The molecular formula is C17H25BrN2. The van der Waals surface area contributed by atoms with Crippen LogP contribution >= 0.6 is 15.9 Å². The third-order valence-corrected chi connectivity index (χ3v) is 5.46. The third kappa shape index (κ3) is 3.44. The van der Waals surface area contributed by atoms with Crippen LogP contribution in [0.2, 0.25) is 0 Å². The number of halogens is 1. The Morgan fingerprint density at radius 2 is 2.05 bits per heavy atom. The first-order valence-corrected chi connectivity index (χ1v) is 8.72. The van der Waals surface area contributed by atoms with Crippen LogP contribution in [0, 0.1) is 5.92 Å². The maximum absolute atomic E-state index is 3.79. The molecule has 1 aromatic carbocycles. The largest absolute Gasteiger partial charge is 0.310 e. The average Bonchev–Trinajstić information content (AvgIpc) is 2.83. The molecule has 1 heterocycles. The van der Waals surface area contributed by atoms with Gasteiger partial charge in [-0.25, -0.2) is 0 Å². The molecule has 1 fully saturated rings. The Morgan fingerprint density at radius 1 is 1.25 bits per heavy atom. The molecule has 1 saturated heterocycles. The highest BCUT2D eigenvalue weighted by molar-refractivity contribution is 9.10. The third-order valence-electron chi connectivity index (χ3n) is 4.96. The molecule has 2 nitrogen and oxygen atoms in total. The predicted octanol–water partition coefficient (Wildman–Crippen LogP) is 3.76. The van der Waals surface area contributed by atoms with Gasteiger partial charge < -0.3 is 10.2 Å². The summed E-state index contributed by atoms with van der Waals surface area (Å²) in [6.45, 7) is 3.74. The average molecular weight is 337 g/mol. The van der Waals surface area contributed by atoms with Gasteiger partial charge in [0.1, 0.15) is 0 Å². The first kappa shape index (κ1) is 14.6. The van der Waals surface area contributed by atoms with Gasteiger partial charge in [0, 0.05) is 10.5 Å². The van der Waals surface area contributed by atoms with E-state index in [2.05, 4.69) is 51.4 Å². The van der Waals surface area contributed by atoms with Crippen LogP contribution in [0.4, 0.5) is 0 Å². The maximum atomic E-state index is 3.79. The Morgan fingerprint density at radius 3 is 2.85 bits per heavy atom. The molecular weight excluding hydrogens is 312 g/mol. The van der Waals surface area contributed by atoms with Crippen molar-refractivity contribution in [2.75, 3.05) is 26.7 Å². The van der Waals surface area contributed by atoms with Crippen molar-refractivity contribution in [1.82, 2.24) is 10.2 Å². The first-order valence-electron chi connectivity index (χ1n) is 7.92. The Balaban J connectivity index is 1.46. The molecule has 0 amide bonds. The number of benzene rings is 1.